The van der Waals surface area contributed by atoms with E-state index in [4.69, 9.17) is 9.84 Å². The maximum Gasteiger partial charge on any atom is 0.211 e. The van der Waals surface area contributed by atoms with E-state index >= 15 is 0 Å². The molecule has 0 saturated carbocycles. The van der Waals surface area contributed by atoms with Crippen molar-refractivity contribution in [3.05, 3.63) is 24.3 Å². The number of aliphatic hydroxyl groups excluding tert-OH is 1. The molecule has 1 aromatic carbocycles. The van der Waals surface area contributed by atoms with Gasteiger partial charge in [0.1, 0.15) is 12.4 Å². The lowest BCUT2D eigenvalue weighted by atomic mass is 10.3. The van der Waals surface area contributed by atoms with Crippen LogP contribution >= 0.6 is 0 Å². The predicted octanol–water partition coefficient (Wildman–Crippen LogP) is 0.626. The van der Waals surface area contributed by atoms with Gasteiger partial charge in [0.15, 0.2) is 0 Å². The van der Waals surface area contributed by atoms with E-state index < -0.39 is 0 Å². The quantitative estimate of drug-likeness (QED) is 0.655. The summed E-state index contributed by atoms with van der Waals surface area (Å²) in [6.07, 6.45) is 0.615. The summed E-state index contributed by atoms with van der Waals surface area (Å²) < 4.78 is 5.12. The summed E-state index contributed by atoms with van der Waals surface area (Å²) in [4.78, 5) is 10.1. The number of hydrogen-bond acceptors (Lipinski definition) is 3. The van der Waals surface area contributed by atoms with E-state index in [2.05, 4.69) is 5.32 Å². The molecule has 0 aliphatic rings. The molecule has 13 heavy (non-hydrogen) atoms. The van der Waals surface area contributed by atoms with Gasteiger partial charge < -0.3 is 15.2 Å². The fraction of sp³-hybridized carbons (Fsp3) is 0.222. The highest BCUT2D eigenvalue weighted by Crippen LogP contribution is 2.14. The Morgan fingerprint density at radius 2 is 2.08 bits per heavy atom. The van der Waals surface area contributed by atoms with Crippen LogP contribution in [0.5, 0.6) is 5.75 Å². The van der Waals surface area contributed by atoms with Crippen LogP contribution in [0.1, 0.15) is 0 Å². The highest BCUT2D eigenvalue weighted by Gasteiger charge is 1.93. The third-order valence-corrected chi connectivity index (χ3v) is 1.44. The van der Waals surface area contributed by atoms with Crippen LogP contribution in [0, 0.1) is 0 Å². The first-order valence-electron chi connectivity index (χ1n) is 3.90. The average molecular weight is 181 g/mol. The Hall–Kier alpha value is -1.55. The fourth-order valence-electron chi connectivity index (χ4n) is 0.879. The number of anilines is 1. The Bertz CT molecular complexity index is 258. The normalized spacial score (nSPS) is 9.31. The zero-order valence-electron chi connectivity index (χ0n) is 7.06. The van der Waals surface area contributed by atoms with Crippen molar-refractivity contribution >= 4 is 12.1 Å². The van der Waals surface area contributed by atoms with E-state index in [0.717, 1.165) is 0 Å². The molecule has 4 heteroatoms. The van der Waals surface area contributed by atoms with Crippen molar-refractivity contribution in [1.82, 2.24) is 0 Å². The van der Waals surface area contributed by atoms with Crippen molar-refractivity contribution < 1.29 is 14.6 Å². The zero-order valence-corrected chi connectivity index (χ0v) is 7.06. The third kappa shape index (κ3) is 3.13. The molecule has 0 heterocycles. The van der Waals surface area contributed by atoms with Crippen LogP contribution in [0.25, 0.3) is 0 Å². The van der Waals surface area contributed by atoms with Crippen molar-refractivity contribution in [2.24, 2.45) is 0 Å². The van der Waals surface area contributed by atoms with Crippen LogP contribution in [-0.4, -0.2) is 24.7 Å². The van der Waals surface area contributed by atoms with Gasteiger partial charge >= 0.3 is 0 Å². The summed E-state index contributed by atoms with van der Waals surface area (Å²) in [5.74, 6) is 0.672. The Kier molecular flexibility index (Phi) is 3.78. The van der Waals surface area contributed by atoms with Crippen LogP contribution in [0.3, 0.4) is 0 Å². The van der Waals surface area contributed by atoms with Crippen molar-refractivity contribution in [2.75, 3.05) is 18.5 Å². The molecule has 4 nitrogen and oxygen atoms in total. The van der Waals surface area contributed by atoms with Gasteiger partial charge in [-0.15, -0.1) is 0 Å². The van der Waals surface area contributed by atoms with E-state index in [-0.39, 0.29) is 13.2 Å². The lowest BCUT2D eigenvalue weighted by Crippen LogP contribution is -2.01. The molecular weight excluding hydrogens is 170 g/mol. The summed E-state index contributed by atoms with van der Waals surface area (Å²) in [6.45, 7) is 0.273. The molecule has 0 unspecified atom stereocenters. The first kappa shape index (κ1) is 9.54. The number of nitrogens with one attached hydrogen (secondary N) is 1. The van der Waals surface area contributed by atoms with E-state index in [9.17, 15) is 4.79 Å². The van der Waals surface area contributed by atoms with E-state index in [1.165, 1.54) is 0 Å². The largest absolute Gasteiger partial charge is 0.491 e. The summed E-state index contributed by atoms with van der Waals surface area (Å²) in [7, 11) is 0. The Labute approximate surface area is 76.1 Å². The molecule has 1 amide bonds. The molecular formula is C9H11NO3. The number of amides is 1. The van der Waals surface area contributed by atoms with Crippen LogP contribution < -0.4 is 10.1 Å². The zero-order chi connectivity index (χ0) is 9.52. The minimum atomic E-state index is -0.00562. The van der Waals surface area contributed by atoms with Gasteiger partial charge in [-0.2, -0.15) is 0 Å². The van der Waals surface area contributed by atoms with E-state index in [1.807, 2.05) is 0 Å². The molecule has 0 aromatic heterocycles. The smallest absolute Gasteiger partial charge is 0.211 e. The minimum absolute atomic E-state index is 0.00562. The standard InChI is InChI=1S/C9H11NO3/c11-5-6-13-9-3-1-8(2-4-9)10-7-12/h1-4,7,11H,5-6H2,(H,10,12). The van der Waals surface area contributed by atoms with Gasteiger partial charge in [-0.25, -0.2) is 0 Å². The number of benzene rings is 1. The maximum absolute atomic E-state index is 10.1. The van der Waals surface area contributed by atoms with Crippen LogP contribution in [0.4, 0.5) is 5.69 Å². The second-order valence-corrected chi connectivity index (χ2v) is 2.36. The highest BCUT2D eigenvalue weighted by molar-refractivity contribution is 5.71. The van der Waals surface area contributed by atoms with Gasteiger partial charge in [0, 0.05) is 5.69 Å². The van der Waals surface area contributed by atoms with Gasteiger partial charge in [0.05, 0.1) is 6.61 Å². The number of aliphatic hydroxyl groups is 1. The number of rotatable bonds is 5. The molecule has 0 atom stereocenters. The molecule has 2 N–H and O–H groups in total. The van der Waals surface area contributed by atoms with E-state index in [1.54, 1.807) is 24.3 Å². The summed E-state index contributed by atoms with van der Waals surface area (Å²) in [6, 6.07) is 6.89. The SMILES string of the molecule is O=CNc1ccc(OCCO)cc1. The van der Waals surface area contributed by atoms with Crippen molar-refractivity contribution in [3.8, 4) is 5.75 Å². The van der Waals surface area contributed by atoms with Crippen LogP contribution in [-0.2, 0) is 4.79 Å². The van der Waals surface area contributed by atoms with Crippen molar-refractivity contribution in [1.29, 1.82) is 0 Å². The lowest BCUT2D eigenvalue weighted by Gasteiger charge is -2.04. The second-order valence-electron chi connectivity index (χ2n) is 2.36. The molecule has 0 aliphatic heterocycles. The number of carbonyl (C=O) groups excluding carboxylic acids is 1. The Balaban J connectivity index is 2.53. The van der Waals surface area contributed by atoms with Crippen LogP contribution in [0.2, 0.25) is 0 Å². The van der Waals surface area contributed by atoms with Gasteiger partial charge in [-0.3, -0.25) is 4.79 Å². The lowest BCUT2D eigenvalue weighted by molar-refractivity contribution is -0.105. The molecule has 1 rings (SSSR count). The monoisotopic (exact) mass is 181 g/mol. The van der Waals surface area contributed by atoms with Crippen molar-refractivity contribution in [3.63, 3.8) is 0 Å². The van der Waals surface area contributed by atoms with Crippen molar-refractivity contribution in [2.45, 2.75) is 0 Å². The summed E-state index contributed by atoms with van der Waals surface area (Å²) in [5.41, 5.74) is 0.714. The second kappa shape index (κ2) is 5.16. The van der Waals surface area contributed by atoms with Crippen LogP contribution in [0.15, 0.2) is 24.3 Å². The highest BCUT2D eigenvalue weighted by atomic mass is 16.5. The fourth-order valence-corrected chi connectivity index (χ4v) is 0.879. The first-order chi connectivity index (χ1) is 6.36. The Morgan fingerprint density at radius 3 is 2.62 bits per heavy atom. The topological polar surface area (TPSA) is 58.6 Å². The Morgan fingerprint density at radius 1 is 1.38 bits per heavy atom. The molecule has 0 fully saturated rings. The van der Waals surface area contributed by atoms with E-state index in [0.29, 0.717) is 17.8 Å². The average Bonchev–Trinajstić information content (AvgIpc) is 2.17. The molecule has 70 valence electrons. The number of ether oxygens (including phenoxy) is 1. The van der Waals surface area contributed by atoms with Gasteiger partial charge in [0.2, 0.25) is 6.41 Å². The van der Waals surface area contributed by atoms with Gasteiger partial charge in [-0.05, 0) is 24.3 Å². The third-order valence-electron chi connectivity index (χ3n) is 1.44. The molecule has 0 bridgehead atoms. The van der Waals surface area contributed by atoms with Gasteiger partial charge in [-0.1, -0.05) is 0 Å². The molecule has 0 spiro atoms. The summed E-state index contributed by atoms with van der Waals surface area (Å²) >= 11 is 0. The maximum atomic E-state index is 10.1. The molecule has 0 saturated heterocycles. The first-order valence-corrected chi connectivity index (χ1v) is 3.90. The van der Waals surface area contributed by atoms with Gasteiger partial charge in [0.25, 0.3) is 0 Å². The number of carbonyl (C=O) groups is 1. The summed E-state index contributed by atoms with van der Waals surface area (Å²) in [5, 5.41) is 11.0. The molecule has 1 aromatic rings. The molecule has 0 aliphatic carbocycles. The predicted molar refractivity (Wildman–Crippen MR) is 48.7 cm³/mol. The minimum Gasteiger partial charge on any atom is -0.491 e. The number of hydrogen-bond donors (Lipinski definition) is 2. The molecule has 0 radical (unpaired) electrons.